The third-order valence-electron chi connectivity index (χ3n) is 4.72. The number of furan rings is 1. The van der Waals surface area contributed by atoms with Gasteiger partial charge in [-0.05, 0) is 68.3 Å². The van der Waals surface area contributed by atoms with E-state index >= 15 is 0 Å². The van der Waals surface area contributed by atoms with Crippen molar-refractivity contribution in [3.8, 4) is 17.4 Å². The summed E-state index contributed by atoms with van der Waals surface area (Å²) in [6, 6.07) is 17.7. The molecular formula is C25H22N2O4. The lowest BCUT2D eigenvalue weighted by atomic mass is 10.1. The number of esters is 1. The second-order valence-electron chi connectivity index (χ2n) is 6.92. The maximum Gasteiger partial charge on any atom is 0.338 e. The molecule has 0 saturated heterocycles. The molecule has 0 aliphatic heterocycles. The number of carbonyl (C=O) groups excluding carboxylic acids is 2. The first kappa shape index (κ1) is 21.6. The van der Waals surface area contributed by atoms with E-state index in [0.29, 0.717) is 29.4 Å². The van der Waals surface area contributed by atoms with Gasteiger partial charge in [-0.1, -0.05) is 18.2 Å². The zero-order valence-electron chi connectivity index (χ0n) is 17.6. The molecule has 0 atom stereocenters. The van der Waals surface area contributed by atoms with Gasteiger partial charge in [0.2, 0.25) is 0 Å². The average molecular weight is 414 g/mol. The second-order valence-corrected chi connectivity index (χ2v) is 6.92. The van der Waals surface area contributed by atoms with E-state index in [-0.39, 0.29) is 11.5 Å². The van der Waals surface area contributed by atoms with Crippen molar-refractivity contribution in [2.45, 2.75) is 20.8 Å². The van der Waals surface area contributed by atoms with E-state index < -0.39 is 5.91 Å². The van der Waals surface area contributed by atoms with Gasteiger partial charge >= 0.3 is 5.97 Å². The number of nitrogens with zero attached hydrogens (tertiary/aromatic N) is 1. The minimum atomic E-state index is -0.512. The molecule has 1 amide bonds. The van der Waals surface area contributed by atoms with Gasteiger partial charge in [-0.25, -0.2) is 4.79 Å². The normalized spacial score (nSPS) is 11.0. The number of aryl methyl sites for hydroxylation is 2. The minimum absolute atomic E-state index is 0.0724. The van der Waals surface area contributed by atoms with E-state index in [0.717, 1.165) is 16.7 Å². The zero-order chi connectivity index (χ0) is 22.4. The van der Waals surface area contributed by atoms with Crippen molar-refractivity contribution in [3.05, 3.63) is 82.6 Å². The number of anilines is 1. The zero-order valence-corrected chi connectivity index (χ0v) is 17.6. The Morgan fingerprint density at radius 1 is 1.06 bits per heavy atom. The van der Waals surface area contributed by atoms with Crippen LogP contribution in [-0.2, 0) is 9.53 Å². The summed E-state index contributed by atoms with van der Waals surface area (Å²) in [6.07, 6.45) is 1.40. The topological polar surface area (TPSA) is 92.3 Å². The fourth-order valence-electron chi connectivity index (χ4n) is 2.88. The van der Waals surface area contributed by atoms with Crippen LogP contribution >= 0.6 is 0 Å². The third-order valence-corrected chi connectivity index (χ3v) is 4.72. The van der Waals surface area contributed by atoms with Gasteiger partial charge in [0.1, 0.15) is 23.2 Å². The molecule has 1 N–H and O–H groups in total. The predicted octanol–water partition coefficient (Wildman–Crippen LogP) is 5.29. The summed E-state index contributed by atoms with van der Waals surface area (Å²) in [4.78, 5) is 24.2. The van der Waals surface area contributed by atoms with Crippen molar-refractivity contribution in [2.75, 3.05) is 11.9 Å². The molecule has 1 aromatic heterocycles. The Morgan fingerprint density at radius 3 is 2.45 bits per heavy atom. The van der Waals surface area contributed by atoms with E-state index in [1.807, 2.05) is 32.0 Å². The molecular weight excluding hydrogens is 392 g/mol. The molecule has 0 fully saturated rings. The molecule has 0 aliphatic rings. The maximum atomic E-state index is 12.5. The Morgan fingerprint density at radius 2 is 1.81 bits per heavy atom. The van der Waals surface area contributed by atoms with Crippen LogP contribution in [0.2, 0.25) is 0 Å². The van der Waals surface area contributed by atoms with Gasteiger partial charge in [0.05, 0.1) is 12.2 Å². The Bertz CT molecular complexity index is 1180. The van der Waals surface area contributed by atoms with E-state index in [4.69, 9.17) is 9.15 Å². The SMILES string of the molecule is CCOC(=O)c1ccc(-c2ccc(/C=C(\C#N)C(=O)Nc3ccc(C)c(C)c3)o2)cc1. The molecule has 2 aromatic carbocycles. The van der Waals surface area contributed by atoms with Gasteiger partial charge < -0.3 is 14.5 Å². The number of ether oxygens (including phenoxy) is 1. The fraction of sp³-hybridized carbons (Fsp3) is 0.160. The van der Waals surface area contributed by atoms with Gasteiger partial charge in [-0.2, -0.15) is 5.26 Å². The Balaban J connectivity index is 1.75. The molecule has 0 radical (unpaired) electrons. The lowest BCUT2D eigenvalue weighted by Crippen LogP contribution is -2.13. The fourth-order valence-corrected chi connectivity index (χ4v) is 2.88. The van der Waals surface area contributed by atoms with Crippen molar-refractivity contribution >= 4 is 23.6 Å². The van der Waals surface area contributed by atoms with Gasteiger partial charge in [-0.15, -0.1) is 0 Å². The van der Waals surface area contributed by atoms with Crippen LogP contribution in [0.1, 0.15) is 34.2 Å². The van der Waals surface area contributed by atoms with Crippen molar-refractivity contribution in [1.29, 1.82) is 5.26 Å². The maximum absolute atomic E-state index is 12.5. The van der Waals surface area contributed by atoms with Crippen molar-refractivity contribution in [2.24, 2.45) is 0 Å². The highest BCUT2D eigenvalue weighted by Crippen LogP contribution is 2.24. The number of nitriles is 1. The lowest BCUT2D eigenvalue weighted by Gasteiger charge is -2.06. The van der Waals surface area contributed by atoms with E-state index in [1.54, 1.807) is 49.4 Å². The largest absolute Gasteiger partial charge is 0.462 e. The van der Waals surface area contributed by atoms with Crippen LogP contribution in [0.4, 0.5) is 5.69 Å². The van der Waals surface area contributed by atoms with Gasteiger partial charge in [0.15, 0.2) is 0 Å². The lowest BCUT2D eigenvalue weighted by molar-refractivity contribution is -0.112. The van der Waals surface area contributed by atoms with Crippen molar-refractivity contribution in [3.63, 3.8) is 0 Å². The molecule has 156 valence electrons. The molecule has 0 aliphatic carbocycles. The molecule has 6 nitrogen and oxygen atoms in total. The van der Waals surface area contributed by atoms with E-state index in [1.165, 1.54) is 6.08 Å². The van der Waals surface area contributed by atoms with Crippen LogP contribution in [0.5, 0.6) is 0 Å². The molecule has 31 heavy (non-hydrogen) atoms. The third kappa shape index (κ3) is 5.28. The molecule has 0 unspecified atom stereocenters. The highest BCUT2D eigenvalue weighted by molar-refractivity contribution is 6.09. The molecule has 0 saturated carbocycles. The summed E-state index contributed by atoms with van der Waals surface area (Å²) in [5.74, 6) is 0.0258. The van der Waals surface area contributed by atoms with Crippen LogP contribution < -0.4 is 5.32 Å². The van der Waals surface area contributed by atoms with Crippen molar-refractivity contribution in [1.82, 2.24) is 0 Å². The number of benzene rings is 2. The number of amides is 1. The summed E-state index contributed by atoms with van der Waals surface area (Å²) in [6.45, 7) is 6.00. The first-order valence-electron chi connectivity index (χ1n) is 9.79. The quantitative estimate of drug-likeness (QED) is 0.336. The Hall–Kier alpha value is -4.11. The molecule has 0 spiro atoms. The smallest absolute Gasteiger partial charge is 0.338 e. The second kappa shape index (κ2) is 9.59. The summed E-state index contributed by atoms with van der Waals surface area (Å²) in [5.41, 5.74) is 3.92. The first-order chi connectivity index (χ1) is 14.9. The van der Waals surface area contributed by atoms with Gasteiger partial charge in [-0.3, -0.25) is 4.79 Å². The summed E-state index contributed by atoms with van der Waals surface area (Å²) >= 11 is 0. The molecule has 6 heteroatoms. The summed E-state index contributed by atoms with van der Waals surface area (Å²) in [5, 5.41) is 12.2. The monoisotopic (exact) mass is 414 g/mol. The molecule has 3 aromatic rings. The van der Waals surface area contributed by atoms with E-state index in [2.05, 4.69) is 5.32 Å². The van der Waals surface area contributed by atoms with Crippen LogP contribution in [0.15, 0.2) is 64.6 Å². The van der Waals surface area contributed by atoms with Crippen LogP contribution in [0, 0.1) is 25.2 Å². The van der Waals surface area contributed by atoms with Gasteiger partial charge in [0, 0.05) is 17.3 Å². The standard InChI is InChI=1S/C25H22N2O4/c1-4-30-25(29)19-8-6-18(7-9-19)23-12-11-22(31-23)14-20(15-26)24(28)27-21-10-5-16(2)17(3)13-21/h5-14H,4H2,1-3H3,(H,27,28)/b20-14+. The predicted molar refractivity (Wildman–Crippen MR) is 118 cm³/mol. The van der Waals surface area contributed by atoms with Crippen LogP contribution in [0.3, 0.4) is 0 Å². The highest BCUT2D eigenvalue weighted by atomic mass is 16.5. The first-order valence-corrected chi connectivity index (χ1v) is 9.79. The summed E-state index contributed by atoms with van der Waals surface area (Å²) < 4.78 is 10.7. The van der Waals surface area contributed by atoms with Gasteiger partial charge in [0.25, 0.3) is 5.91 Å². The number of hydrogen-bond acceptors (Lipinski definition) is 5. The molecule has 1 heterocycles. The number of hydrogen-bond donors (Lipinski definition) is 1. The average Bonchev–Trinajstić information content (AvgIpc) is 3.23. The Kier molecular flexibility index (Phi) is 6.68. The summed E-state index contributed by atoms with van der Waals surface area (Å²) in [7, 11) is 0. The number of carbonyl (C=O) groups is 2. The Labute approximate surface area is 180 Å². The minimum Gasteiger partial charge on any atom is -0.462 e. The van der Waals surface area contributed by atoms with Crippen LogP contribution in [-0.4, -0.2) is 18.5 Å². The molecule has 3 rings (SSSR count). The van der Waals surface area contributed by atoms with E-state index in [9.17, 15) is 14.9 Å². The van der Waals surface area contributed by atoms with Crippen LogP contribution in [0.25, 0.3) is 17.4 Å². The number of nitrogens with one attached hydrogen (secondary N) is 1. The van der Waals surface area contributed by atoms with Crippen molar-refractivity contribution < 1.29 is 18.7 Å². The highest BCUT2D eigenvalue weighted by Gasteiger charge is 2.13. The molecule has 0 bridgehead atoms. The number of rotatable bonds is 6.